The zero-order valence-corrected chi connectivity index (χ0v) is 13.0. The van der Waals surface area contributed by atoms with Crippen molar-refractivity contribution in [2.75, 3.05) is 13.2 Å². The molecule has 1 heterocycles. The van der Waals surface area contributed by atoms with E-state index in [2.05, 4.69) is 29.5 Å². The normalized spacial score (nSPS) is 20.3. The number of thiazole rings is 1. The van der Waals surface area contributed by atoms with E-state index < -0.39 is 0 Å². The van der Waals surface area contributed by atoms with Crippen molar-refractivity contribution < 1.29 is 4.74 Å². The van der Waals surface area contributed by atoms with E-state index in [1.165, 1.54) is 37.1 Å². The van der Waals surface area contributed by atoms with Crippen molar-refractivity contribution in [2.45, 2.75) is 64.0 Å². The number of rotatable bonds is 7. The Bertz CT molecular complexity index is 342. The van der Waals surface area contributed by atoms with Gasteiger partial charge in [-0.15, -0.1) is 11.3 Å². The first-order chi connectivity index (χ1) is 9.30. The average molecular weight is 282 g/mol. The van der Waals surface area contributed by atoms with Gasteiger partial charge in [0.25, 0.3) is 0 Å². The number of hydrogen-bond donors (Lipinski definition) is 1. The Kier molecular flexibility index (Phi) is 5.79. The SMILES string of the molecule is CCNC(Cc1nccs1)C1(OCC)CCCCC1. The molecule has 0 spiro atoms. The molecular formula is C15H26N2OS. The minimum Gasteiger partial charge on any atom is -0.374 e. The summed E-state index contributed by atoms with van der Waals surface area (Å²) in [5.74, 6) is 0. The Balaban J connectivity index is 2.12. The summed E-state index contributed by atoms with van der Waals surface area (Å²) in [7, 11) is 0. The summed E-state index contributed by atoms with van der Waals surface area (Å²) in [5, 5.41) is 6.94. The molecule has 1 aliphatic rings. The summed E-state index contributed by atoms with van der Waals surface area (Å²) in [6.07, 6.45) is 9.20. The average Bonchev–Trinajstić information content (AvgIpc) is 2.93. The molecule has 1 aromatic heterocycles. The van der Waals surface area contributed by atoms with E-state index >= 15 is 0 Å². The molecular weight excluding hydrogens is 256 g/mol. The zero-order valence-electron chi connectivity index (χ0n) is 12.2. The summed E-state index contributed by atoms with van der Waals surface area (Å²) < 4.78 is 6.25. The van der Waals surface area contributed by atoms with Crippen molar-refractivity contribution in [3.05, 3.63) is 16.6 Å². The van der Waals surface area contributed by atoms with Gasteiger partial charge in [0.1, 0.15) is 0 Å². The predicted molar refractivity (Wildman–Crippen MR) is 80.7 cm³/mol. The summed E-state index contributed by atoms with van der Waals surface area (Å²) in [6.45, 7) is 6.09. The molecule has 1 fully saturated rings. The molecule has 1 atom stereocenters. The van der Waals surface area contributed by atoms with Crippen LogP contribution in [0.1, 0.15) is 51.0 Å². The number of likely N-dealkylation sites (N-methyl/N-ethyl adjacent to an activating group) is 1. The van der Waals surface area contributed by atoms with E-state index in [0.29, 0.717) is 6.04 Å². The minimum absolute atomic E-state index is 0.0225. The van der Waals surface area contributed by atoms with Crippen molar-refractivity contribution in [1.82, 2.24) is 10.3 Å². The smallest absolute Gasteiger partial charge is 0.0941 e. The Morgan fingerprint density at radius 3 is 2.74 bits per heavy atom. The zero-order chi connectivity index (χ0) is 13.6. The van der Waals surface area contributed by atoms with Crippen LogP contribution in [0.25, 0.3) is 0 Å². The molecule has 0 bridgehead atoms. The topological polar surface area (TPSA) is 34.2 Å². The lowest BCUT2D eigenvalue weighted by atomic mass is 9.78. The molecule has 1 N–H and O–H groups in total. The van der Waals surface area contributed by atoms with E-state index in [0.717, 1.165) is 19.6 Å². The molecule has 1 aliphatic carbocycles. The van der Waals surface area contributed by atoms with Crippen LogP contribution in [0.3, 0.4) is 0 Å². The number of nitrogens with one attached hydrogen (secondary N) is 1. The van der Waals surface area contributed by atoms with Gasteiger partial charge in [-0.25, -0.2) is 4.98 Å². The van der Waals surface area contributed by atoms with Crippen LogP contribution in [0.2, 0.25) is 0 Å². The fourth-order valence-corrected chi connectivity index (χ4v) is 3.91. The minimum atomic E-state index is 0.0225. The number of nitrogens with zero attached hydrogens (tertiary/aromatic N) is 1. The first kappa shape index (κ1) is 14.9. The molecule has 0 amide bonds. The van der Waals surface area contributed by atoms with Gasteiger partial charge in [0.2, 0.25) is 0 Å². The molecule has 3 nitrogen and oxygen atoms in total. The van der Waals surface area contributed by atoms with Crippen molar-refractivity contribution in [3.63, 3.8) is 0 Å². The molecule has 1 saturated carbocycles. The summed E-state index contributed by atoms with van der Waals surface area (Å²) in [5.41, 5.74) is 0.0225. The number of ether oxygens (including phenoxy) is 1. The molecule has 19 heavy (non-hydrogen) atoms. The highest BCUT2D eigenvalue weighted by Gasteiger charge is 2.40. The van der Waals surface area contributed by atoms with Gasteiger partial charge >= 0.3 is 0 Å². The van der Waals surface area contributed by atoms with Gasteiger partial charge in [0.05, 0.1) is 10.6 Å². The maximum atomic E-state index is 6.25. The molecule has 2 rings (SSSR count). The Morgan fingerprint density at radius 2 is 2.16 bits per heavy atom. The summed E-state index contributed by atoms with van der Waals surface area (Å²) in [4.78, 5) is 4.45. The standard InChI is InChI=1S/C15H26N2OS/c1-3-16-13(12-14-17-10-11-19-14)15(18-4-2)8-6-5-7-9-15/h10-11,13,16H,3-9,12H2,1-2H3. The van der Waals surface area contributed by atoms with Crippen molar-refractivity contribution in [2.24, 2.45) is 0 Å². The second kappa shape index (κ2) is 7.36. The third-order valence-electron chi connectivity index (χ3n) is 4.08. The molecule has 4 heteroatoms. The monoisotopic (exact) mass is 282 g/mol. The quantitative estimate of drug-likeness (QED) is 0.832. The van der Waals surface area contributed by atoms with Gasteiger partial charge in [0, 0.05) is 30.6 Å². The largest absolute Gasteiger partial charge is 0.374 e. The lowest BCUT2D eigenvalue weighted by Crippen LogP contribution is -2.54. The highest BCUT2D eigenvalue weighted by Crippen LogP contribution is 2.36. The van der Waals surface area contributed by atoms with E-state index in [-0.39, 0.29) is 5.60 Å². The predicted octanol–water partition coefficient (Wildman–Crippen LogP) is 3.40. The van der Waals surface area contributed by atoms with Gasteiger partial charge in [0.15, 0.2) is 0 Å². The van der Waals surface area contributed by atoms with Crippen LogP contribution in [-0.2, 0) is 11.2 Å². The van der Waals surface area contributed by atoms with Crippen LogP contribution in [0, 0.1) is 0 Å². The van der Waals surface area contributed by atoms with Crippen LogP contribution in [0.15, 0.2) is 11.6 Å². The highest BCUT2D eigenvalue weighted by molar-refractivity contribution is 7.09. The van der Waals surface area contributed by atoms with E-state index in [1.807, 2.05) is 6.20 Å². The third-order valence-corrected chi connectivity index (χ3v) is 4.88. The van der Waals surface area contributed by atoms with Gasteiger partial charge in [-0.3, -0.25) is 0 Å². The van der Waals surface area contributed by atoms with Crippen LogP contribution in [-0.4, -0.2) is 29.8 Å². The highest BCUT2D eigenvalue weighted by atomic mass is 32.1. The number of hydrogen-bond acceptors (Lipinski definition) is 4. The van der Waals surface area contributed by atoms with Crippen molar-refractivity contribution in [3.8, 4) is 0 Å². The molecule has 0 saturated heterocycles. The molecule has 1 aromatic rings. The molecule has 0 radical (unpaired) electrons. The molecule has 0 aliphatic heterocycles. The lowest BCUT2D eigenvalue weighted by molar-refractivity contribution is -0.0894. The van der Waals surface area contributed by atoms with Crippen LogP contribution >= 0.6 is 11.3 Å². The molecule has 0 aromatic carbocycles. The fraction of sp³-hybridized carbons (Fsp3) is 0.800. The second-order valence-electron chi connectivity index (χ2n) is 5.30. The van der Waals surface area contributed by atoms with Gasteiger partial charge in [-0.1, -0.05) is 26.2 Å². The Labute approximate surface area is 120 Å². The Morgan fingerprint density at radius 1 is 1.37 bits per heavy atom. The summed E-state index contributed by atoms with van der Waals surface area (Å²) in [6, 6.07) is 0.393. The Hall–Kier alpha value is -0.450. The maximum Gasteiger partial charge on any atom is 0.0941 e. The van der Waals surface area contributed by atoms with Gasteiger partial charge in [-0.2, -0.15) is 0 Å². The van der Waals surface area contributed by atoms with Crippen molar-refractivity contribution in [1.29, 1.82) is 0 Å². The van der Waals surface area contributed by atoms with Crippen LogP contribution < -0.4 is 5.32 Å². The second-order valence-corrected chi connectivity index (χ2v) is 6.28. The van der Waals surface area contributed by atoms with Crippen LogP contribution in [0.4, 0.5) is 0 Å². The first-order valence-electron chi connectivity index (χ1n) is 7.56. The number of aromatic nitrogens is 1. The van der Waals surface area contributed by atoms with E-state index in [1.54, 1.807) is 11.3 Å². The molecule has 1 unspecified atom stereocenters. The summed E-state index contributed by atoms with van der Waals surface area (Å²) >= 11 is 1.75. The molecule has 108 valence electrons. The van der Waals surface area contributed by atoms with Gasteiger partial charge < -0.3 is 10.1 Å². The maximum absolute atomic E-state index is 6.25. The van der Waals surface area contributed by atoms with E-state index in [9.17, 15) is 0 Å². The van der Waals surface area contributed by atoms with Crippen molar-refractivity contribution >= 4 is 11.3 Å². The third kappa shape index (κ3) is 3.77. The van der Waals surface area contributed by atoms with Crippen LogP contribution in [0.5, 0.6) is 0 Å². The fourth-order valence-electron chi connectivity index (χ4n) is 3.25. The van der Waals surface area contributed by atoms with E-state index in [4.69, 9.17) is 4.74 Å². The van der Waals surface area contributed by atoms with Gasteiger partial charge in [-0.05, 0) is 26.3 Å². The first-order valence-corrected chi connectivity index (χ1v) is 8.44. The lowest BCUT2D eigenvalue weighted by Gasteiger charge is -2.43.